The number of halogens is 1. The Kier molecular flexibility index (Phi) is 4.62. The van der Waals surface area contributed by atoms with Crippen molar-refractivity contribution in [2.75, 3.05) is 19.0 Å². The van der Waals surface area contributed by atoms with Gasteiger partial charge < -0.3 is 15.2 Å². The zero-order chi connectivity index (χ0) is 13.9. The molecule has 0 amide bonds. The van der Waals surface area contributed by atoms with Gasteiger partial charge in [-0.3, -0.25) is 0 Å². The van der Waals surface area contributed by atoms with E-state index in [9.17, 15) is 5.11 Å². The molecular formula is C13H20BrN3O2. The average molecular weight is 330 g/mol. The minimum atomic E-state index is -0.309. The molecule has 2 atom stereocenters. The first-order valence-corrected chi connectivity index (χ1v) is 7.33. The first-order chi connectivity index (χ1) is 9.08. The Morgan fingerprint density at radius 3 is 3.05 bits per heavy atom. The van der Waals surface area contributed by atoms with Gasteiger partial charge in [-0.05, 0) is 34.7 Å². The highest BCUT2D eigenvalue weighted by Gasteiger charge is 2.35. The molecular weight excluding hydrogens is 310 g/mol. The minimum Gasteiger partial charge on any atom is -0.480 e. The predicted octanol–water partition coefficient (Wildman–Crippen LogP) is 2.60. The molecule has 0 saturated heterocycles. The van der Waals surface area contributed by atoms with Gasteiger partial charge in [0, 0.05) is 0 Å². The van der Waals surface area contributed by atoms with E-state index in [-0.39, 0.29) is 12.1 Å². The largest absolute Gasteiger partial charge is 0.480 e. The molecule has 2 unspecified atom stereocenters. The van der Waals surface area contributed by atoms with Gasteiger partial charge >= 0.3 is 0 Å². The van der Waals surface area contributed by atoms with E-state index in [1.165, 1.54) is 6.42 Å². The van der Waals surface area contributed by atoms with Crippen LogP contribution in [0.3, 0.4) is 0 Å². The highest BCUT2D eigenvalue weighted by Crippen LogP contribution is 2.34. The Balaban J connectivity index is 2.18. The van der Waals surface area contributed by atoms with E-state index in [1.54, 1.807) is 13.3 Å². The molecule has 1 fully saturated rings. The molecule has 1 aromatic rings. The third-order valence-corrected chi connectivity index (χ3v) is 4.22. The highest BCUT2D eigenvalue weighted by molar-refractivity contribution is 9.10. The zero-order valence-corrected chi connectivity index (χ0v) is 12.9. The number of aromatic nitrogens is 2. The highest BCUT2D eigenvalue weighted by atomic mass is 79.9. The quantitative estimate of drug-likeness (QED) is 0.888. The molecule has 5 nitrogen and oxygen atoms in total. The third-order valence-electron chi connectivity index (χ3n) is 3.68. The summed E-state index contributed by atoms with van der Waals surface area (Å²) in [4.78, 5) is 8.54. The van der Waals surface area contributed by atoms with E-state index < -0.39 is 0 Å². The number of hydrogen-bond acceptors (Lipinski definition) is 5. The normalized spacial score (nSPS) is 27.1. The van der Waals surface area contributed by atoms with E-state index in [0.29, 0.717) is 17.7 Å². The van der Waals surface area contributed by atoms with Crippen LogP contribution >= 0.6 is 15.9 Å². The smallest absolute Gasteiger partial charge is 0.232 e. The Morgan fingerprint density at radius 1 is 1.63 bits per heavy atom. The van der Waals surface area contributed by atoms with E-state index in [0.717, 1.165) is 23.7 Å². The second kappa shape index (κ2) is 6.05. The van der Waals surface area contributed by atoms with Crippen molar-refractivity contribution >= 4 is 21.9 Å². The summed E-state index contributed by atoms with van der Waals surface area (Å²) in [5.74, 6) is 1.60. The molecule has 1 heterocycles. The summed E-state index contributed by atoms with van der Waals surface area (Å²) in [5, 5.41) is 13.0. The van der Waals surface area contributed by atoms with Gasteiger partial charge in [0.25, 0.3) is 0 Å². The van der Waals surface area contributed by atoms with Gasteiger partial charge in [0.1, 0.15) is 0 Å². The summed E-state index contributed by atoms with van der Waals surface area (Å²) in [6.45, 7) is 2.31. The number of methoxy groups -OCH3 is 1. The van der Waals surface area contributed by atoms with E-state index in [2.05, 4.69) is 38.1 Å². The third kappa shape index (κ3) is 3.36. The van der Waals surface area contributed by atoms with Crippen molar-refractivity contribution < 1.29 is 9.84 Å². The molecule has 1 saturated carbocycles. The van der Waals surface area contributed by atoms with Crippen molar-refractivity contribution in [1.29, 1.82) is 0 Å². The molecule has 0 bridgehead atoms. The van der Waals surface area contributed by atoms with Gasteiger partial charge in [-0.15, -0.1) is 0 Å². The van der Waals surface area contributed by atoms with Crippen LogP contribution in [0.15, 0.2) is 10.7 Å². The lowest BCUT2D eigenvalue weighted by Gasteiger charge is -2.39. The van der Waals surface area contributed by atoms with Gasteiger partial charge in [-0.25, -0.2) is 4.98 Å². The van der Waals surface area contributed by atoms with Crippen molar-refractivity contribution in [2.45, 2.75) is 38.1 Å². The number of hydrogen-bond donors (Lipinski definition) is 2. The number of aliphatic hydroxyl groups excluding tert-OH is 1. The number of ether oxygens (including phenoxy) is 1. The van der Waals surface area contributed by atoms with Crippen molar-refractivity contribution in [3.63, 3.8) is 0 Å². The Morgan fingerprint density at radius 2 is 2.42 bits per heavy atom. The van der Waals surface area contributed by atoms with Gasteiger partial charge in [-0.2, -0.15) is 4.98 Å². The molecule has 0 spiro atoms. The van der Waals surface area contributed by atoms with E-state index in [4.69, 9.17) is 4.74 Å². The number of nitrogens with one attached hydrogen (secondary N) is 1. The van der Waals surface area contributed by atoms with Gasteiger partial charge in [-0.1, -0.05) is 19.8 Å². The minimum absolute atomic E-state index is 0.0963. The van der Waals surface area contributed by atoms with Crippen LogP contribution in [0.25, 0.3) is 0 Å². The van der Waals surface area contributed by atoms with E-state index >= 15 is 0 Å². The van der Waals surface area contributed by atoms with Crippen molar-refractivity contribution in [1.82, 2.24) is 9.97 Å². The molecule has 19 heavy (non-hydrogen) atoms. The lowest BCUT2D eigenvalue weighted by molar-refractivity contribution is 0.149. The fourth-order valence-corrected chi connectivity index (χ4v) is 3.10. The Labute approximate surface area is 121 Å². The molecule has 6 heteroatoms. The Hall–Kier alpha value is -0.880. The fraction of sp³-hybridized carbons (Fsp3) is 0.692. The van der Waals surface area contributed by atoms with Crippen LogP contribution in [-0.2, 0) is 0 Å². The summed E-state index contributed by atoms with van der Waals surface area (Å²) in [5.41, 5.74) is -0.309. The van der Waals surface area contributed by atoms with Crippen LogP contribution in [0.1, 0.15) is 32.6 Å². The summed E-state index contributed by atoms with van der Waals surface area (Å²) >= 11 is 3.33. The maximum atomic E-state index is 9.74. The molecule has 0 aliphatic heterocycles. The predicted molar refractivity (Wildman–Crippen MR) is 77.4 cm³/mol. The maximum absolute atomic E-state index is 9.74. The second-order valence-electron chi connectivity index (χ2n) is 5.32. The lowest BCUT2D eigenvalue weighted by Crippen LogP contribution is -2.46. The average Bonchev–Trinajstić information content (AvgIpc) is 2.41. The monoisotopic (exact) mass is 329 g/mol. The number of nitrogens with zero attached hydrogens (tertiary/aromatic N) is 2. The number of aliphatic hydroxyl groups is 1. The van der Waals surface area contributed by atoms with Crippen molar-refractivity contribution in [2.24, 2.45) is 5.92 Å². The standard InChI is InChI=1S/C13H20BrN3O2/c1-9-4-3-5-13(6-9,8-18)17-12-15-7-10(14)11(16-12)19-2/h7,9,18H,3-6,8H2,1-2H3,(H,15,16,17). The van der Waals surface area contributed by atoms with Crippen LogP contribution in [-0.4, -0.2) is 34.3 Å². The van der Waals surface area contributed by atoms with Crippen LogP contribution in [0.4, 0.5) is 5.95 Å². The SMILES string of the molecule is COc1nc(NC2(CO)CCCC(C)C2)ncc1Br. The van der Waals surface area contributed by atoms with Crippen LogP contribution < -0.4 is 10.1 Å². The van der Waals surface area contributed by atoms with Gasteiger partial charge in [0.05, 0.1) is 29.9 Å². The first-order valence-electron chi connectivity index (χ1n) is 6.54. The first kappa shape index (κ1) is 14.5. The molecule has 0 aromatic carbocycles. The van der Waals surface area contributed by atoms with Crippen LogP contribution in [0.5, 0.6) is 5.88 Å². The summed E-state index contributed by atoms with van der Waals surface area (Å²) in [6, 6.07) is 0. The van der Waals surface area contributed by atoms with Crippen LogP contribution in [0, 0.1) is 5.92 Å². The second-order valence-corrected chi connectivity index (χ2v) is 6.17. The molecule has 2 N–H and O–H groups in total. The number of anilines is 1. The Bertz CT molecular complexity index is 444. The van der Waals surface area contributed by atoms with Gasteiger partial charge in [0.2, 0.25) is 11.8 Å². The van der Waals surface area contributed by atoms with Gasteiger partial charge in [0.15, 0.2) is 0 Å². The summed E-state index contributed by atoms with van der Waals surface area (Å²) < 4.78 is 5.88. The summed E-state index contributed by atoms with van der Waals surface area (Å²) in [7, 11) is 1.57. The molecule has 2 rings (SSSR count). The maximum Gasteiger partial charge on any atom is 0.232 e. The molecule has 1 aromatic heterocycles. The van der Waals surface area contributed by atoms with Crippen molar-refractivity contribution in [3.05, 3.63) is 10.7 Å². The van der Waals surface area contributed by atoms with Crippen LogP contribution in [0.2, 0.25) is 0 Å². The molecule has 1 aliphatic carbocycles. The fourth-order valence-electron chi connectivity index (χ4n) is 2.75. The zero-order valence-electron chi connectivity index (χ0n) is 11.3. The molecule has 1 aliphatic rings. The molecule has 0 radical (unpaired) electrons. The van der Waals surface area contributed by atoms with Crippen molar-refractivity contribution in [3.8, 4) is 5.88 Å². The lowest BCUT2D eigenvalue weighted by atomic mass is 9.77. The molecule has 106 valence electrons. The number of rotatable bonds is 4. The van der Waals surface area contributed by atoms with E-state index in [1.807, 2.05) is 0 Å². The topological polar surface area (TPSA) is 67.3 Å². The summed E-state index contributed by atoms with van der Waals surface area (Å²) in [6.07, 6.45) is 5.86.